The van der Waals surface area contributed by atoms with Crippen LogP contribution >= 0.6 is 15.9 Å². The van der Waals surface area contributed by atoms with Crippen LogP contribution in [0.1, 0.15) is 63.5 Å². The number of benzene rings is 1. The second-order valence-electron chi connectivity index (χ2n) is 5.04. The van der Waals surface area contributed by atoms with Gasteiger partial charge >= 0.3 is 0 Å². The van der Waals surface area contributed by atoms with E-state index in [2.05, 4.69) is 28.3 Å². The van der Waals surface area contributed by atoms with E-state index in [1.54, 1.807) is 6.07 Å². The van der Waals surface area contributed by atoms with Gasteiger partial charge in [0.05, 0.1) is 4.47 Å². The van der Waals surface area contributed by atoms with E-state index in [4.69, 9.17) is 5.84 Å². The number of nitrogens with one attached hydrogen (secondary N) is 1. The Morgan fingerprint density at radius 3 is 2.45 bits per heavy atom. The van der Waals surface area contributed by atoms with Gasteiger partial charge in [-0.05, 0) is 34.0 Å². The summed E-state index contributed by atoms with van der Waals surface area (Å²) in [5.41, 5.74) is 3.36. The molecule has 0 aromatic heterocycles. The van der Waals surface area contributed by atoms with Crippen molar-refractivity contribution in [1.82, 2.24) is 5.43 Å². The van der Waals surface area contributed by atoms with E-state index >= 15 is 0 Å². The molecular weight excluding hydrogens is 326 g/mol. The topological polar surface area (TPSA) is 38.0 Å². The van der Waals surface area contributed by atoms with Crippen LogP contribution in [0.3, 0.4) is 0 Å². The molecule has 2 nitrogen and oxygen atoms in total. The second-order valence-corrected chi connectivity index (χ2v) is 5.83. The standard InChI is InChI=1S/C15H23BrF2N2/c1-2-3-4-5-6-7-8-13(20-19)11-9-10-12(17)15(18)14(11)16/h9-10,13,20H,2-8,19H2,1H3. The summed E-state index contributed by atoms with van der Waals surface area (Å²) in [5, 5.41) is 0. The van der Waals surface area contributed by atoms with Crippen molar-refractivity contribution in [3.8, 4) is 0 Å². The summed E-state index contributed by atoms with van der Waals surface area (Å²) in [7, 11) is 0. The van der Waals surface area contributed by atoms with Crippen molar-refractivity contribution in [3.63, 3.8) is 0 Å². The molecule has 0 fully saturated rings. The van der Waals surface area contributed by atoms with Crippen LogP contribution in [-0.2, 0) is 0 Å². The number of hydrogen-bond acceptors (Lipinski definition) is 2. The monoisotopic (exact) mass is 348 g/mol. The molecule has 0 heterocycles. The van der Waals surface area contributed by atoms with Gasteiger partial charge in [0.2, 0.25) is 0 Å². The molecule has 0 saturated carbocycles. The minimum Gasteiger partial charge on any atom is -0.271 e. The van der Waals surface area contributed by atoms with Crippen molar-refractivity contribution in [3.05, 3.63) is 33.8 Å². The van der Waals surface area contributed by atoms with Crippen LogP contribution in [0.15, 0.2) is 16.6 Å². The maximum absolute atomic E-state index is 13.5. The number of hydrazine groups is 1. The number of halogens is 3. The molecule has 1 atom stereocenters. The summed E-state index contributed by atoms with van der Waals surface area (Å²) in [6.45, 7) is 2.19. The lowest BCUT2D eigenvalue weighted by atomic mass is 10.00. The smallest absolute Gasteiger partial charge is 0.173 e. The van der Waals surface area contributed by atoms with Crippen LogP contribution in [-0.4, -0.2) is 0 Å². The Balaban J connectivity index is 2.52. The van der Waals surface area contributed by atoms with E-state index in [1.807, 2.05) is 0 Å². The highest BCUT2D eigenvalue weighted by Crippen LogP contribution is 2.30. The fraction of sp³-hybridized carbons (Fsp3) is 0.600. The second kappa shape index (κ2) is 9.42. The first-order valence-corrected chi connectivity index (χ1v) is 8.00. The maximum atomic E-state index is 13.5. The van der Waals surface area contributed by atoms with Crippen LogP contribution in [0.25, 0.3) is 0 Å². The molecule has 0 aliphatic heterocycles. The van der Waals surface area contributed by atoms with Crippen molar-refractivity contribution in [2.75, 3.05) is 0 Å². The summed E-state index contributed by atoms with van der Waals surface area (Å²) in [6.07, 6.45) is 7.94. The predicted molar refractivity (Wildman–Crippen MR) is 82.1 cm³/mol. The lowest BCUT2D eigenvalue weighted by Crippen LogP contribution is -2.28. The first-order chi connectivity index (χ1) is 9.61. The summed E-state index contributed by atoms with van der Waals surface area (Å²) in [5.74, 6) is 3.83. The maximum Gasteiger partial charge on any atom is 0.173 e. The molecule has 1 unspecified atom stereocenters. The average Bonchev–Trinajstić information content (AvgIpc) is 2.45. The molecule has 1 aromatic carbocycles. The molecule has 1 aromatic rings. The van der Waals surface area contributed by atoms with Crippen LogP contribution in [0, 0.1) is 11.6 Å². The molecule has 0 saturated heterocycles. The number of nitrogens with two attached hydrogens (primary N) is 1. The number of rotatable bonds is 9. The van der Waals surface area contributed by atoms with Crippen LogP contribution < -0.4 is 11.3 Å². The number of unbranched alkanes of at least 4 members (excludes halogenated alkanes) is 5. The summed E-state index contributed by atoms with van der Waals surface area (Å²) >= 11 is 3.11. The van der Waals surface area contributed by atoms with Gasteiger partial charge in [-0.25, -0.2) is 8.78 Å². The van der Waals surface area contributed by atoms with Crippen molar-refractivity contribution in [1.29, 1.82) is 0 Å². The van der Waals surface area contributed by atoms with Gasteiger partial charge < -0.3 is 0 Å². The normalized spacial score (nSPS) is 12.7. The predicted octanol–water partition coefficient (Wildman–Crippen LogP) is 4.98. The molecule has 0 bridgehead atoms. The van der Waals surface area contributed by atoms with Crippen molar-refractivity contribution in [2.45, 2.75) is 57.9 Å². The van der Waals surface area contributed by atoms with Gasteiger partial charge in [0.15, 0.2) is 11.6 Å². The fourth-order valence-electron chi connectivity index (χ4n) is 2.27. The van der Waals surface area contributed by atoms with Crippen molar-refractivity contribution < 1.29 is 8.78 Å². The van der Waals surface area contributed by atoms with E-state index in [-0.39, 0.29) is 10.5 Å². The fourth-order valence-corrected chi connectivity index (χ4v) is 2.87. The Morgan fingerprint density at radius 1 is 1.15 bits per heavy atom. The van der Waals surface area contributed by atoms with E-state index < -0.39 is 11.6 Å². The van der Waals surface area contributed by atoms with Crippen molar-refractivity contribution >= 4 is 15.9 Å². The zero-order valence-corrected chi connectivity index (χ0v) is 13.5. The first kappa shape index (κ1) is 17.5. The summed E-state index contributed by atoms with van der Waals surface area (Å²) in [6, 6.07) is 2.55. The lowest BCUT2D eigenvalue weighted by Gasteiger charge is -2.18. The van der Waals surface area contributed by atoms with Gasteiger partial charge in [-0.2, -0.15) is 0 Å². The molecule has 20 heavy (non-hydrogen) atoms. The largest absolute Gasteiger partial charge is 0.271 e. The quantitative estimate of drug-likeness (QED) is 0.286. The Hall–Kier alpha value is -0.520. The van der Waals surface area contributed by atoms with Gasteiger partial charge in [0.25, 0.3) is 0 Å². The lowest BCUT2D eigenvalue weighted by molar-refractivity contribution is 0.463. The molecular formula is C15H23BrF2N2. The molecule has 0 aliphatic rings. The van der Waals surface area contributed by atoms with Crippen molar-refractivity contribution in [2.24, 2.45) is 5.84 Å². The third kappa shape index (κ3) is 5.11. The molecule has 3 N–H and O–H groups in total. The van der Waals surface area contributed by atoms with Gasteiger partial charge in [-0.1, -0.05) is 51.5 Å². The minimum atomic E-state index is -0.856. The highest BCUT2D eigenvalue weighted by atomic mass is 79.9. The molecule has 0 radical (unpaired) electrons. The SMILES string of the molecule is CCCCCCCCC(NN)c1ccc(F)c(F)c1Br. The van der Waals surface area contributed by atoms with E-state index in [1.165, 1.54) is 25.7 Å². The molecule has 5 heteroatoms. The Labute approximate surface area is 128 Å². The summed E-state index contributed by atoms with van der Waals surface area (Å²) in [4.78, 5) is 0. The van der Waals surface area contributed by atoms with Gasteiger partial charge in [0, 0.05) is 6.04 Å². The summed E-state index contributed by atoms with van der Waals surface area (Å²) < 4.78 is 26.8. The average molecular weight is 349 g/mol. The molecule has 0 spiro atoms. The molecule has 0 aliphatic carbocycles. The molecule has 0 amide bonds. The van der Waals surface area contributed by atoms with E-state index in [0.717, 1.165) is 25.3 Å². The number of hydrogen-bond donors (Lipinski definition) is 2. The third-order valence-corrected chi connectivity index (χ3v) is 4.29. The van der Waals surface area contributed by atoms with Crippen LogP contribution in [0.4, 0.5) is 8.78 Å². The Bertz CT molecular complexity index is 413. The molecule has 114 valence electrons. The minimum absolute atomic E-state index is 0.159. The van der Waals surface area contributed by atoms with Crippen LogP contribution in [0.2, 0.25) is 0 Å². The Kier molecular flexibility index (Phi) is 8.26. The zero-order chi connectivity index (χ0) is 15.0. The Morgan fingerprint density at radius 2 is 1.80 bits per heavy atom. The van der Waals surface area contributed by atoms with Crippen LogP contribution in [0.5, 0.6) is 0 Å². The molecule has 1 rings (SSSR count). The first-order valence-electron chi connectivity index (χ1n) is 7.21. The third-order valence-electron chi connectivity index (χ3n) is 3.49. The van der Waals surface area contributed by atoms with Gasteiger partial charge in [-0.15, -0.1) is 0 Å². The van der Waals surface area contributed by atoms with Gasteiger partial charge in [0.1, 0.15) is 0 Å². The van der Waals surface area contributed by atoms with E-state index in [9.17, 15) is 8.78 Å². The highest BCUT2D eigenvalue weighted by molar-refractivity contribution is 9.10. The van der Waals surface area contributed by atoms with E-state index in [0.29, 0.717) is 5.56 Å². The van der Waals surface area contributed by atoms with Gasteiger partial charge in [-0.3, -0.25) is 11.3 Å². The highest BCUT2D eigenvalue weighted by Gasteiger charge is 2.17. The zero-order valence-electron chi connectivity index (χ0n) is 11.9.